The van der Waals surface area contributed by atoms with Crippen LogP contribution in [-0.4, -0.2) is 41.1 Å². The highest BCUT2D eigenvalue weighted by Crippen LogP contribution is 2.57. The van der Waals surface area contributed by atoms with E-state index >= 15 is 0 Å². The third-order valence-corrected chi connectivity index (χ3v) is 9.45. The van der Waals surface area contributed by atoms with E-state index in [2.05, 4.69) is 77.9 Å². The monoisotopic (exact) mass is 554 g/mol. The lowest BCUT2D eigenvalue weighted by Crippen LogP contribution is -2.25. The molecule has 42 heavy (non-hydrogen) atoms. The average Bonchev–Trinajstić information content (AvgIpc) is 3.51. The Morgan fingerprint density at radius 2 is 1.45 bits per heavy atom. The van der Waals surface area contributed by atoms with Gasteiger partial charge in [-0.1, -0.05) is 48.5 Å². The minimum absolute atomic E-state index is 0.257. The SMILES string of the molecule is COc1cc2c3c(c(-c4c5c6c(cc7c(c6c6ccccc46)OCO7)CCN5C)c4ccccc4c3c1OC)NCC2. The van der Waals surface area contributed by atoms with Crippen molar-refractivity contribution in [2.75, 3.05) is 51.4 Å². The van der Waals surface area contributed by atoms with Crippen molar-refractivity contribution in [2.24, 2.45) is 0 Å². The van der Waals surface area contributed by atoms with E-state index < -0.39 is 0 Å². The van der Waals surface area contributed by atoms with Crippen LogP contribution in [0.5, 0.6) is 23.0 Å². The van der Waals surface area contributed by atoms with Gasteiger partial charge >= 0.3 is 0 Å². The molecule has 0 aliphatic carbocycles. The van der Waals surface area contributed by atoms with Crippen molar-refractivity contribution in [1.29, 1.82) is 0 Å². The number of ether oxygens (including phenoxy) is 4. The van der Waals surface area contributed by atoms with Crippen LogP contribution in [0, 0.1) is 0 Å². The maximum absolute atomic E-state index is 6.15. The molecule has 0 bridgehead atoms. The Morgan fingerprint density at radius 1 is 0.738 bits per heavy atom. The summed E-state index contributed by atoms with van der Waals surface area (Å²) in [7, 11) is 5.68. The maximum Gasteiger partial charge on any atom is 0.231 e. The van der Waals surface area contributed by atoms with Crippen molar-refractivity contribution in [3.8, 4) is 34.1 Å². The number of hydrogen-bond donors (Lipinski definition) is 1. The molecule has 0 radical (unpaired) electrons. The first-order chi connectivity index (χ1) is 20.7. The lowest BCUT2D eigenvalue weighted by molar-refractivity contribution is 0.175. The first-order valence-corrected chi connectivity index (χ1v) is 14.6. The quantitative estimate of drug-likeness (QED) is 0.227. The lowest BCUT2D eigenvalue weighted by Gasteiger charge is -2.34. The third kappa shape index (κ3) is 2.94. The normalized spacial score (nSPS) is 15.1. The van der Waals surface area contributed by atoms with Gasteiger partial charge in [0, 0.05) is 52.8 Å². The molecule has 9 rings (SSSR count). The Labute approximate surface area is 243 Å². The summed E-state index contributed by atoms with van der Waals surface area (Å²) in [6, 6.07) is 21.9. The molecule has 1 N–H and O–H groups in total. The van der Waals surface area contributed by atoms with E-state index in [-0.39, 0.29) is 6.79 Å². The van der Waals surface area contributed by atoms with Gasteiger partial charge < -0.3 is 29.2 Å². The summed E-state index contributed by atoms with van der Waals surface area (Å²) in [6.45, 7) is 2.04. The fourth-order valence-corrected chi connectivity index (χ4v) is 7.75. The molecule has 3 heterocycles. The second-order valence-electron chi connectivity index (χ2n) is 11.5. The van der Waals surface area contributed by atoms with Gasteiger partial charge in [0.25, 0.3) is 0 Å². The Bertz CT molecular complexity index is 2150. The number of nitrogens with zero attached hydrogens (tertiary/aromatic N) is 1. The molecule has 0 spiro atoms. The Kier molecular flexibility index (Phi) is 4.87. The zero-order valence-electron chi connectivity index (χ0n) is 23.9. The Morgan fingerprint density at radius 3 is 2.21 bits per heavy atom. The molecule has 0 saturated heterocycles. The van der Waals surface area contributed by atoms with Gasteiger partial charge in [-0.25, -0.2) is 0 Å². The number of hydrogen-bond acceptors (Lipinski definition) is 6. The van der Waals surface area contributed by atoms with Crippen molar-refractivity contribution >= 4 is 54.5 Å². The van der Waals surface area contributed by atoms with Crippen LogP contribution in [0.3, 0.4) is 0 Å². The smallest absolute Gasteiger partial charge is 0.231 e. The molecule has 0 saturated carbocycles. The van der Waals surface area contributed by atoms with Crippen molar-refractivity contribution in [2.45, 2.75) is 12.8 Å². The van der Waals surface area contributed by atoms with E-state index in [4.69, 9.17) is 18.9 Å². The van der Waals surface area contributed by atoms with Crippen LogP contribution in [0.1, 0.15) is 11.1 Å². The number of anilines is 2. The van der Waals surface area contributed by atoms with Crippen LogP contribution in [0.2, 0.25) is 0 Å². The standard InChI is InChI=1S/C36H30N2O4/c1-38-15-13-20-17-26-36(42-18-41-26)32-24-11-7-5-9-22(24)30(34(38)28(20)32)29-21-8-4-6-10-23(21)31-27-19(12-14-37-33(27)29)16-25(39-2)35(31)40-3/h4-11,16-17,37H,12-15,18H2,1-3H3. The van der Waals surface area contributed by atoms with Crippen LogP contribution in [0.4, 0.5) is 11.4 Å². The summed E-state index contributed by atoms with van der Waals surface area (Å²) in [5.74, 6) is 3.26. The summed E-state index contributed by atoms with van der Waals surface area (Å²) in [5, 5.41) is 13.3. The number of likely N-dealkylation sites (N-methyl/N-ethyl adjacent to an activating group) is 1. The number of rotatable bonds is 3. The van der Waals surface area contributed by atoms with Crippen LogP contribution in [0.15, 0.2) is 60.7 Å². The Hall–Kier alpha value is -4.84. The molecule has 0 fully saturated rings. The van der Waals surface area contributed by atoms with Crippen LogP contribution < -0.4 is 29.2 Å². The van der Waals surface area contributed by atoms with Crippen LogP contribution in [0.25, 0.3) is 54.2 Å². The minimum Gasteiger partial charge on any atom is -0.493 e. The first kappa shape index (κ1) is 23.8. The molecule has 0 unspecified atom stereocenters. The first-order valence-electron chi connectivity index (χ1n) is 14.6. The van der Waals surface area contributed by atoms with Gasteiger partial charge in [-0.05, 0) is 57.6 Å². The molecule has 208 valence electrons. The summed E-state index contributed by atoms with van der Waals surface area (Å²) in [6.07, 6.45) is 1.87. The fourth-order valence-electron chi connectivity index (χ4n) is 7.75. The molecule has 6 heteroatoms. The molecule has 0 atom stereocenters. The highest BCUT2D eigenvalue weighted by molar-refractivity contribution is 6.31. The predicted octanol–water partition coefficient (Wildman–Crippen LogP) is 7.67. The molecule has 6 nitrogen and oxygen atoms in total. The molecule has 6 aromatic carbocycles. The minimum atomic E-state index is 0.257. The summed E-state index contributed by atoms with van der Waals surface area (Å²) in [5.41, 5.74) is 7.49. The summed E-state index contributed by atoms with van der Waals surface area (Å²) >= 11 is 0. The van der Waals surface area contributed by atoms with Crippen molar-refractivity contribution in [3.05, 3.63) is 71.8 Å². The second kappa shape index (κ2) is 8.58. The number of fused-ring (bicyclic) bond motifs is 6. The maximum atomic E-state index is 6.15. The van der Waals surface area contributed by atoms with Crippen molar-refractivity contribution in [1.82, 2.24) is 0 Å². The molecular formula is C36H30N2O4. The molecule has 0 aromatic heterocycles. The summed E-state index contributed by atoms with van der Waals surface area (Å²) < 4.78 is 24.0. The highest BCUT2D eigenvalue weighted by atomic mass is 16.7. The zero-order valence-corrected chi connectivity index (χ0v) is 23.9. The average molecular weight is 555 g/mol. The highest BCUT2D eigenvalue weighted by Gasteiger charge is 2.33. The van der Waals surface area contributed by atoms with Gasteiger partial charge in [0.1, 0.15) is 0 Å². The summed E-state index contributed by atoms with van der Waals surface area (Å²) in [4.78, 5) is 2.43. The topological polar surface area (TPSA) is 52.2 Å². The molecular weight excluding hydrogens is 524 g/mol. The van der Waals surface area contributed by atoms with Gasteiger partial charge in [0.05, 0.1) is 25.6 Å². The second-order valence-corrected chi connectivity index (χ2v) is 11.5. The number of benzene rings is 6. The lowest BCUT2D eigenvalue weighted by atomic mass is 9.81. The van der Waals surface area contributed by atoms with E-state index in [1.54, 1.807) is 14.2 Å². The molecule has 3 aliphatic rings. The van der Waals surface area contributed by atoms with Crippen LogP contribution >= 0.6 is 0 Å². The van der Waals surface area contributed by atoms with E-state index in [0.29, 0.717) is 0 Å². The predicted molar refractivity (Wildman–Crippen MR) is 170 cm³/mol. The largest absolute Gasteiger partial charge is 0.493 e. The van der Waals surface area contributed by atoms with E-state index in [0.717, 1.165) is 70.8 Å². The number of nitrogens with one attached hydrogen (secondary N) is 1. The number of methoxy groups -OCH3 is 2. The van der Waals surface area contributed by atoms with Gasteiger partial charge in [-0.2, -0.15) is 0 Å². The van der Waals surface area contributed by atoms with Gasteiger partial charge in [-0.15, -0.1) is 0 Å². The third-order valence-electron chi connectivity index (χ3n) is 9.45. The van der Waals surface area contributed by atoms with Crippen molar-refractivity contribution in [3.63, 3.8) is 0 Å². The van der Waals surface area contributed by atoms with Gasteiger partial charge in [-0.3, -0.25) is 0 Å². The fraction of sp³-hybridized carbons (Fsp3) is 0.222. The van der Waals surface area contributed by atoms with Gasteiger partial charge in [0.15, 0.2) is 23.0 Å². The van der Waals surface area contributed by atoms with Gasteiger partial charge in [0.2, 0.25) is 6.79 Å². The van der Waals surface area contributed by atoms with E-state index in [1.807, 2.05) is 0 Å². The van der Waals surface area contributed by atoms with E-state index in [1.165, 1.54) is 54.9 Å². The van der Waals surface area contributed by atoms with Crippen molar-refractivity contribution < 1.29 is 18.9 Å². The Balaban J connectivity index is 1.56. The van der Waals surface area contributed by atoms with Crippen LogP contribution in [-0.2, 0) is 12.8 Å². The molecule has 6 aromatic rings. The van der Waals surface area contributed by atoms with E-state index in [9.17, 15) is 0 Å². The molecule has 0 amide bonds. The molecule has 3 aliphatic heterocycles. The zero-order chi connectivity index (χ0) is 28.1.